The summed E-state index contributed by atoms with van der Waals surface area (Å²) in [5.41, 5.74) is 12.7. The summed E-state index contributed by atoms with van der Waals surface area (Å²) < 4.78 is 0. The summed E-state index contributed by atoms with van der Waals surface area (Å²) in [5, 5.41) is 3.45. The molecular formula is C52H34N4. The molecule has 0 fully saturated rings. The number of hydrogen-bond acceptors (Lipinski definition) is 4. The molecule has 4 heteroatoms. The van der Waals surface area contributed by atoms with Crippen molar-refractivity contribution in [3.05, 3.63) is 206 Å². The maximum absolute atomic E-state index is 5.20. The maximum atomic E-state index is 5.20. The zero-order valence-electron chi connectivity index (χ0n) is 30.4. The van der Waals surface area contributed by atoms with Crippen LogP contribution in [-0.2, 0) is 0 Å². The van der Waals surface area contributed by atoms with Crippen molar-refractivity contribution >= 4 is 21.7 Å². The zero-order valence-corrected chi connectivity index (χ0v) is 30.4. The summed E-state index contributed by atoms with van der Waals surface area (Å²) in [5.74, 6) is 1.89. The van der Waals surface area contributed by atoms with Crippen molar-refractivity contribution in [2.75, 3.05) is 0 Å². The van der Waals surface area contributed by atoms with E-state index in [1.807, 2.05) is 42.5 Å². The minimum Gasteiger partial charge on any atom is -0.248 e. The standard InChI is InChI=1S/C52H34N4/c1-5-15-35(16-6-1)36-27-29-40(30-28-36)51-54-50(39-21-11-4-12-22-39)55-52(56-51)42-24-13-23-41(33-42)43-25-14-26-45-44(43)31-32-47-49(45)46(37-17-7-2-8-18-37)34-48(53-47)38-19-9-3-10-20-38/h1-34H. The lowest BCUT2D eigenvalue weighted by Crippen LogP contribution is -2.00. The van der Waals surface area contributed by atoms with Crippen LogP contribution in [0.5, 0.6) is 0 Å². The van der Waals surface area contributed by atoms with E-state index in [1.54, 1.807) is 0 Å². The van der Waals surface area contributed by atoms with Crippen molar-refractivity contribution < 1.29 is 0 Å². The van der Waals surface area contributed by atoms with Crippen LogP contribution in [-0.4, -0.2) is 19.9 Å². The van der Waals surface area contributed by atoms with E-state index in [9.17, 15) is 0 Å². The van der Waals surface area contributed by atoms with Gasteiger partial charge in [-0.3, -0.25) is 0 Å². The Bertz CT molecular complexity index is 2980. The first-order valence-corrected chi connectivity index (χ1v) is 18.8. The summed E-state index contributed by atoms with van der Waals surface area (Å²) in [6, 6.07) is 71.7. The monoisotopic (exact) mass is 714 g/mol. The predicted molar refractivity (Wildman–Crippen MR) is 231 cm³/mol. The predicted octanol–water partition coefficient (Wildman–Crippen LogP) is 13.2. The van der Waals surface area contributed by atoms with E-state index in [0.29, 0.717) is 17.5 Å². The van der Waals surface area contributed by atoms with Gasteiger partial charge in [0.15, 0.2) is 17.5 Å². The third-order valence-electron chi connectivity index (χ3n) is 10.3. The topological polar surface area (TPSA) is 51.6 Å². The smallest absolute Gasteiger partial charge is 0.164 e. The number of pyridine rings is 1. The molecule has 262 valence electrons. The molecule has 0 radical (unpaired) electrons. The molecule has 2 heterocycles. The van der Waals surface area contributed by atoms with Crippen molar-refractivity contribution in [3.63, 3.8) is 0 Å². The lowest BCUT2D eigenvalue weighted by Gasteiger charge is -2.15. The van der Waals surface area contributed by atoms with Crippen LogP contribution < -0.4 is 0 Å². The largest absolute Gasteiger partial charge is 0.248 e. The van der Waals surface area contributed by atoms with Gasteiger partial charge in [-0.2, -0.15) is 0 Å². The molecule has 0 saturated heterocycles. The third-order valence-corrected chi connectivity index (χ3v) is 10.3. The second-order valence-electron chi connectivity index (χ2n) is 13.8. The highest BCUT2D eigenvalue weighted by Crippen LogP contribution is 2.40. The van der Waals surface area contributed by atoms with Gasteiger partial charge >= 0.3 is 0 Å². The van der Waals surface area contributed by atoms with E-state index in [2.05, 4.69) is 164 Å². The molecule has 0 saturated carbocycles. The van der Waals surface area contributed by atoms with Gasteiger partial charge in [0.05, 0.1) is 11.2 Å². The maximum Gasteiger partial charge on any atom is 0.164 e. The van der Waals surface area contributed by atoms with Gasteiger partial charge in [-0.05, 0) is 62.4 Å². The average molecular weight is 715 g/mol. The van der Waals surface area contributed by atoms with Crippen LogP contribution >= 0.6 is 0 Å². The van der Waals surface area contributed by atoms with Gasteiger partial charge in [-0.25, -0.2) is 19.9 Å². The Labute approximate surface area is 325 Å². The molecule has 0 bridgehead atoms. The molecule has 0 spiro atoms. The zero-order chi connectivity index (χ0) is 37.3. The first kappa shape index (κ1) is 33.0. The van der Waals surface area contributed by atoms with E-state index in [0.717, 1.165) is 77.4 Å². The fourth-order valence-corrected chi connectivity index (χ4v) is 7.57. The second-order valence-corrected chi connectivity index (χ2v) is 13.8. The number of aromatic nitrogens is 4. The van der Waals surface area contributed by atoms with Gasteiger partial charge in [0.1, 0.15) is 0 Å². The SMILES string of the molecule is c1ccc(-c2ccc(-c3nc(-c4ccccc4)nc(-c4cccc(-c5cccc6c5ccc5nc(-c7ccccc7)cc(-c7ccccc7)c56)c4)n3)cc2)cc1. The Balaban J connectivity index is 1.10. The molecule has 4 nitrogen and oxygen atoms in total. The van der Waals surface area contributed by atoms with Crippen LogP contribution in [0.4, 0.5) is 0 Å². The molecule has 10 aromatic rings. The Morgan fingerprint density at radius 3 is 1.39 bits per heavy atom. The number of benzene rings is 8. The minimum atomic E-state index is 0.623. The average Bonchev–Trinajstić information content (AvgIpc) is 3.29. The molecule has 10 rings (SSSR count). The summed E-state index contributed by atoms with van der Waals surface area (Å²) in [4.78, 5) is 20.3. The molecular weight excluding hydrogens is 681 g/mol. The van der Waals surface area contributed by atoms with Gasteiger partial charge in [-0.1, -0.05) is 188 Å². The second kappa shape index (κ2) is 14.3. The van der Waals surface area contributed by atoms with Gasteiger partial charge in [0, 0.05) is 27.6 Å². The highest BCUT2D eigenvalue weighted by atomic mass is 15.0. The van der Waals surface area contributed by atoms with Gasteiger partial charge in [0.25, 0.3) is 0 Å². The first-order chi connectivity index (χ1) is 27.7. The van der Waals surface area contributed by atoms with E-state index in [-0.39, 0.29) is 0 Å². The number of rotatable bonds is 7. The van der Waals surface area contributed by atoms with E-state index in [4.69, 9.17) is 19.9 Å². The summed E-state index contributed by atoms with van der Waals surface area (Å²) >= 11 is 0. The molecule has 8 aromatic carbocycles. The third kappa shape index (κ3) is 6.29. The normalized spacial score (nSPS) is 11.2. The van der Waals surface area contributed by atoms with Crippen LogP contribution in [0.15, 0.2) is 206 Å². The molecule has 0 aliphatic heterocycles. The fourth-order valence-electron chi connectivity index (χ4n) is 7.57. The molecule has 0 N–H and O–H groups in total. The lowest BCUT2D eigenvalue weighted by atomic mass is 9.91. The summed E-state index contributed by atoms with van der Waals surface area (Å²) in [6.07, 6.45) is 0. The van der Waals surface area contributed by atoms with Crippen LogP contribution in [0.1, 0.15) is 0 Å². The fraction of sp³-hybridized carbons (Fsp3) is 0. The number of nitrogens with zero attached hydrogens (tertiary/aromatic N) is 4. The molecule has 0 aliphatic carbocycles. The Morgan fingerprint density at radius 2 is 0.732 bits per heavy atom. The minimum absolute atomic E-state index is 0.623. The van der Waals surface area contributed by atoms with Crippen molar-refractivity contribution in [1.29, 1.82) is 0 Å². The molecule has 0 amide bonds. The number of fused-ring (bicyclic) bond motifs is 3. The Kier molecular flexibility index (Phi) is 8.47. The first-order valence-electron chi connectivity index (χ1n) is 18.8. The number of hydrogen-bond donors (Lipinski definition) is 0. The lowest BCUT2D eigenvalue weighted by molar-refractivity contribution is 1.07. The summed E-state index contributed by atoms with van der Waals surface area (Å²) in [6.45, 7) is 0. The Hall–Kier alpha value is -7.56. The van der Waals surface area contributed by atoms with Crippen molar-refractivity contribution in [1.82, 2.24) is 19.9 Å². The van der Waals surface area contributed by atoms with Crippen LogP contribution in [0.3, 0.4) is 0 Å². The van der Waals surface area contributed by atoms with Gasteiger partial charge in [0.2, 0.25) is 0 Å². The van der Waals surface area contributed by atoms with Crippen LogP contribution in [0.25, 0.3) is 100 Å². The molecule has 56 heavy (non-hydrogen) atoms. The quantitative estimate of drug-likeness (QED) is 0.154. The van der Waals surface area contributed by atoms with E-state index in [1.165, 1.54) is 5.56 Å². The molecule has 0 aliphatic rings. The molecule has 0 atom stereocenters. The van der Waals surface area contributed by atoms with Crippen molar-refractivity contribution in [3.8, 4) is 78.8 Å². The van der Waals surface area contributed by atoms with E-state index < -0.39 is 0 Å². The van der Waals surface area contributed by atoms with Crippen molar-refractivity contribution in [2.24, 2.45) is 0 Å². The highest BCUT2D eigenvalue weighted by Gasteiger charge is 2.17. The van der Waals surface area contributed by atoms with Gasteiger partial charge < -0.3 is 0 Å². The van der Waals surface area contributed by atoms with Gasteiger partial charge in [-0.15, -0.1) is 0 Å². The Morgan fingerprint density at radius 1 is 0.250 bits per heavy atom. The summed E-state index contributed by atoms with van der Waals surface area (Å²) in [7, 11) is 0. The molecule has 2 aromatic heterocycles. The molecule has 0 unspecified atom stereocenters. The highest BCUT2D eigenvalue weighted by molar-refractivity contribution is 6.17. The van der Waals surface area contributed by atoms with Crippen molar-refractivity contribution in [2.45, 2.75) is 0 Å². The van der Waals surface area contributed by atoms with Crippen LogP contribution in [0.2, 0.25) is 0 Å². The van der Waals surface area contributed by atoms with Crippen LogP contribution in [0, 0.1) is 0 Å². The van der Waals surface area contributed by atoms with E-state index >= 15 is 0 Å².